The smallest absolute Gasteiger partial charge is 0.317 e. The van der Waals surface area contributed by atoms with Crippen molar-refractivity contribution < 1.29 is 26.7 Å². The predicted molar refractivity (Wildman–Crippen MR) is 172 cm³/mol. The molecular weight excluding hydrogens is 601 g/mol. The highest BCUT2D eigenvalue weighted by Gasteiger charge is 2.45. The second-order valence-electron chi connectivity index (χ2n) is 13.7. The SMILES string of the molecule is CCCCCC1CCC(c2ccc(C3CCC(C(F)(F)OC4CCC(c5cc(F)c(N=C=S)c(F)c5)CC4)CC3)c(F)c2)CC1. The third-order valence-electron chi connectivity index (χ3n) is 10.9. The van der Waals surface area contributed by atoms with E-state index in [0.717, 1.165) is 24.3 Å². The molecule has 2 aromatic carbocycles. The van der Waals surface area contributed by atoms with Crippen LogP contribution < -0.4 is 0 Å². The number of ether oxygens (including phenoxy) is 1. The number of rotatable bonds is 11. The molecule has 0 spiro atoms. The fourth-order valence-electron chi connectivity index (χ4n) is 8.14. The van der Waals surface area contributed by atoms with Crippen LogP contribution in [0.1, 0.15) is 144 Å². The van der Waals surface area contributed by atoms with Crippen LogP contribution in [0.2, 0.25) is 0 Å². The van der Waals surface area contributed by atoms with Gasteiger partial charge in [-0.05, 0) is 148 Å². The lowest BCUT2D eigenvalue weighted by Crippen LogP contribution is -2.38. The lowest BCUT2D eigenvalue weighted by atomic mass is 9.75. The van der Waals surface area contributed by atoms with Gasteiger partial charge in [0.2, 0.25) is 0 Å². The van der Waals surface area contributed by atoms with E-state index in [1.165, 1.54) is 50.7 Å². The lowest BCUT2D eigenvalue weighted by Gasteiger charge is -2.37. The van der Waals surface area contributed by atoms with E-state index in [0.29, 0.717) is 55.6 Å². The Hall–Kier alpha value is -2.15. The van der Waals surface area contributed by atoms with Gasteiger partial charge in [0, 0.05) is 0 Å². The average Bonchev–Trinajstić information content (AvgIpc) is 3.03. The van der Waals surface area contributed by atoms with Crippen LogP contribution in [-0.4, -0.2) is 17.4 Å². The molecule has 0 heterocycles. The molecule has 0 saturated heterocycles. The number of isothiocyanates is 1. The number of nitrogens with zero attached hydrogens (tertiary/aromatic N) is 1. The zero-order valence-electron chi connectivity index (χ0n) is 26.3. The summed E-state index contributed by atoms with van der Waals surface area (Å²) in [6.45, 7) is 2.23. The number of alkyl halides is 2. The molecule has 45 heavy (non-hydrogen) atoms. The Labute approximate surface area is 270 Å². The van der Waals surface area contributed by atoms with Gasteiger partial charge in [0.25, 0.3) is 0 Å². The van der Waals surface area contributed by atoms with E-state index in [1.807, 2.05) is 11.2 Å². The topological polar surface area (TPSA) is 21.6 Å². The number of hydrogen-bond donors (Lipinski definition) is 0. The van der Waals surface area contributed by atoms with E-state index in [2.05, 4.69) is 30.2 Å². The van der Waals surface area contributed by atoms with Gasteiger partial charge >= 0.3 is 6.11 Å². The van der Waals surface area contributed by atoms with Crippen molar-refractivity contribution in [2.24, 2.45) is 16.8 Å². The molecule has 0 radical (unpaired) electrons. The zero-order chi connectivity index (χ0) is 32.0. The van der Waals surface area contributed by atoms with Crippen molar-refractivity contribution in [1.29, 1.82) is 0 Å². The van der Waals surface area contributed by atoms with E-state index in [-0.39, 0.29) is 30.5 Å². The summed E-state index contributed by atoms with van der Waals surface area (Å²) < 4.78 is 79.9. The third kappa shape index (κ3) is 8.61. The molecule has 0 unspecified atom stereocenters. The fraction of sp³-hybridized carbons (Fsp3) is 0.649. The van der Waals surface area contributed by atoms with E-state index >= 15 is 13.2 Å². The molecule has 3 aliphatic carbocycles. The van der Waals surface area contributed by atoms with Gasteiger partial charge in [-0.2, -0.15) is 13.8 Å². The number of benzene rings is 2. The van der Waals surface area contributed by atoms with Crippen molar-refractivity contribution in [2.75, 3.05) is 0 Å². The molecule has 0 aromatic heterocycles. The number of hydrogen-bond acceptors (Lipinski definition) is 3. The molecule has 2 nitrogen and oxygen atoms in total. The van der Waals surface area contributed by atoms with Crippen LogP contribution in [0, 0.1) is 29.3 Å². The summed E-state index contributed by atoms with van der Waals surface area (Å²) in [4.78, 5) is 3.44. The first-order chi connectivity index (χ1) is 21.7. The van der Waals surface area contributed by atoms with Gasteiger partial charge < -0.3 is 4.74 Å². The van der Waals surface area contributed by atoms with E-state index in [9.17, 15) is 8.78 Å². The minimum atomic E-state index is -3.27. The molecule has 246 valence electrons. The minimum Gasteiger partial charge on any atom is -0.317 e. The summed E-state index contributed by atoms with van der Waals surface area (Å²) in [5, 5.41) is 1.98. The van der Waals surface area contributed by atoms with Crippen LogP contribution in [0.25, 0.3) is 0 Å². The van der Waals surface area contributed by atoms with Gasteiger partial charge in [-0.25, -0.2) is 13.2 Å². The van der Waals surface area contributed by atoms with Crippen molar-refractivity contribution in [2.45, 2.75) is 140 Å². The summed E-state index contributed by atoms with van der Waals surface area (Å²) in [7, 11) is 0. The van der Waals surface area contributed by atoms with E-state index < -0.39 is 35.5 Å². The largest absolute Gasteiger partial charge is 0.358 e. The number of halogens is 5. The van der Waals surface area contributed by atoms with Crippen LogP contribution >= 0.6 is 12.2 Å². The maximum atomic E-state index is 15.3. The predicted octanol–water partition coefficient (Wildman–Crippen LogP) is 12.3. The summed E-state index contributed by atoms with van der Waals surface area (Å²) >= 11 is 4.45. The molecule has 0 atom stereocenters. The van der Waals surface area contributed by atoms with Crippen molar-refractivity contribution in [3.05, 3.63) is 64.5 Å². The monoisotopic (exact) mass is 647 g/mol. The van der Waals surface area contributed by atoms with Crippen molar-refractivity contribution >= 4 is 23.1 Å². The molecule has 8 heteroatoms. The first kappa shape index (κ1) is 34.2. The maximum Gasteiger partial charge on any atom is 0.358 e. The zero-order valence-corrected chi connectivity index (χ0v) is 27.1. The summed E-state index contributed by atoms with van der Waals surface area (Å²) in [6, 6.07) is 8.17. The second kappa shape index (κ2) is 15.6. The van der Waals surface area contributed by atoms with Crippen LogP contribution in [0.5, 0.6) is 0 Å². The van der Waals surface area contributed by atoms with Gasteiger partial charge in [0.05, 0.1) is 17.2 Å². The standard InChI is InChI=1S/C37H46F5NOS/c1-2-3-4-5-24-6-8-25(9-7-24)28-14-19-32(33(38)20-28)27-10-15-30(16-11-27)37(41,42)44-31-17-12-26(13-18-31)29-21-34(39)36(43-23-45)35(40)22-29/h14,19-22,24-27,30-31H,2-13,15-18H2,1H3. The lowest BCUT2D eigenvalue weighted by molar-refractivity contribution is -0.300. The van der Waals surface area contributed by atoms with Crippen LogP contribution in [0.3, 0.4) is 0 Å². The van der Waals surface area contributed by atoms with Crippen molar-refractivity contribution in [3.8, 4) is 0 Å². The summed E-state index contributed by atoms with van der Waals surface area (Å²) in [5.41, 5.74) is 1.76. The average molecular weight is 648 g/mol. The first-order valence-electron chi connectivity index (χ1n) is 17.1. The number of thiocarbonyl (C=S) groups is 1. The van der Waals surface area contributed by atoms with Crippen LogP contribution in [-0.2, 0) is 4.74 Å². The molecule has 0 aliphatic heterocycles. The Morgan fingerprint density at radius 2 is 1.33 bits per heavy atom. The third-order valence-corrected chi connectivity index (χ3v) is 11.0. The van der Waals surface area contributed by atoms with Crippen LogP contribution in [0.4, 0.5) is 27.6 Å². The van der Waals surface area contributed by atoms with Gasteiger partial charge in [0.15, 0.2) is 11.6 Å². The molecule has 3 aliphatic rings. The number of aliphatic imine (C=N–C) groups is 1. The normalized spacial score (nSPS) is 27.6. The highest BCUT2D eigenvalue weighted by atomic mass is 32.1. The Balaban J connectivity index is 1.08. The minimum absolute atomic E-state index is 0.0577. The highest BCUT2D eigenvalue weighted by Crippen LogP contribution is 2.46. The van der Waals surface area contributed by atoms with Gasteiger partial charge in [-0.1, -0.05) is 44.7 Å². The van der Waals surface area contributed by atoms with Crippen LogP contribution in [0.15, 0.2) is 35.3 Å². The molecular formula is C37H46F5NOS. The summed E-state index contributed by atoms with van der Waals surface area (Å²) in [5.74, 6) is -1.70. The van der Waals surface area contributed by atoms with Gasteiger partial charge in [0.1, 0.15) is 11.5 Å². The Morgan fingerprint density at radius 1 is 0.756 bits per heavy atom. The Kier molecular flexibility index (Phi) is 11.9. The summed E-state index contributed by atoms with van der Waals surface area (Å²) in [6.07, 6.45) is 9.33. The Morgan fingerprint density at radius 3 is 1.93 bits per heavy atom. The van der Waals surface area contributed by atoms with Gasteiger partial charge in [-0.15, -0.1) is 0 Å². The maximum absolute atomic E-state index is 15.3. The van der Waals surface area contributed by atoms with E-state index in [1.54, 1.807) is 6.07 Å². The fourth-order valence-corrected chi connectivity index (χ4v) is 8.23. The van der Waals surface area contributed by atoms with Crippen molar-refractivity contribution in [1.82, 2.24) is 0 Å². The highest BCUT2D eigenvalue weighted by molar-refractivity contribution is 7.78. The quantitative estimate of drug-likeness (QED) is 0.105. The molecule has 0 bridgehead atoms. The molecule has 2 aromatic rings. The van der Waals surface area contributed by atoms with Crippen molar-refractivity contribution in [3.63, 3.8) is 0 Å². The second-order valence-corrected chi connectivity index (χ2v) is 13.9. The molecule has 3 fully saturated rings. The molecule has 3 saturated carbocycles. The number of unbranched alkanes of at least 4 members (excludes halogenated alkanes) is 2. The molecule has 5 rings (SSSR count). The molecule has 0 amide bonds. The Bertz CT molecular complexity index is 1300. The van der Waals surface area contributed by atoms with Gasteiger partial charge in [-0.3, -0.25) is 0 Å². The molecule has 0 N–H and O–H groups in total. The van der Waals surface area contributed by atoms with E-state index in [4.69, 9.17) is 4.74 Å². The first-order valence-corrected chi connectivity index (χ1v) is 17.5.